The molecule has 2 N–H and O–H groups in total. The number of carboxylic acid groups (broad SMARTS) is 1. The number of hydrogen-bond acceptors (Lipinski definition) is 3. The lowest BCUT2D eigenvalue weighted by atomic mass is 10.1. The lowest BCUT2D eigenvalue weighted by Crippen LogP contribution is -1.98. The van der Waals surface area contributed by atoms with Gasteiger partial charge in [0.1, 0.15) is 0 Å². The summed E-state index contributed by atoms with van der Waals surface area (Å²) in [5.41, 5.74) is 0.600. The molecule has 0 aliphatic rings. The van der Waals surface area contributed by atoms with Crippen molar-refractivity contribution in [2.24, 2.45) is 0 Å². The molecule has 0 atom stereocenters. The van der Waals surface area contributed by atoms with E-state index in [2.05, 4.69) is 0 Å². The number of rotatable bonds is 5. The van der Waals surface area contributed by atoms with Gasteiger partial charge in [-0.2, -0.15) is 0 Å². The highest BCUT2D eigenvalue weighted by molar-refractivity contribution is 5.66. The van der Waals surface area contributed by atoms with Gasteiger partial charge in [0, 0.05) is 6.42 Å². The van der Waals surface area contributed by atoms with Gasteiger partial charge in [-0.3, -0.25) is 4.79 Å². The Morgan fingerprint density at radius 1 is 1.50 bits per heavy atom. The number of carboxylic acids is 1. The predicted octanol–water partition coefficient (Wildman–Crippen LogP) is 1.95. The molecule has 0 heterocycles. The maximum atomic E-state index is 13.0. The molecule has 0 aliphatic heterocycles. The van der Waals surface area contributed by atoms with Gasteiger partial charge in [0.2, 0.25) is 0 Å². The van der Waals surface area contributed by atoms with E-state index >= 15 is 0 Å². The third-order valence-corrected chi connectivity index (χ3v) is 2.20. The summed E-state index contributed by atoms with van der Waals surface area (Å²) in [7, 11) is 1.33. The minimum absolute atomic E-state index is 0.0291. The summed E-state index contributed by atoms with van der Waals surface area (Å²) in [6.45, 7) is 0. The number of phenols is 1. The lowest BCUT2D eigenvalue weighted by Gasteiger charge is -2.10. The Balaban J connectivity index is 2.79. The number of aliphatic carboxylic acids is 1. The van der Waals surface area contributed by atoms with Crippen molar-refractivity contribution in [2.75, 3.05) is 7.11 Å². The van der Waals surface area contributed by atoms with Crippen LogP contribution in [0.4, 0.5) is 4.39 Å². The summed E-state index contributed by atoms with van der Waals surface area (Å²) < 4.78 is 17.8. The summed E-state index contributed by atoms with van der Waals surface area (Å²) >= 11 is 0. The Hall–Kier alpha value is -1.78. The first-order chi connectivity index (χ1) is 7.56. The molecule has 0 saturated heterocycles. The molecule has 88 valence electrons. The van der Waals surface area contributed by atoms with Crippen LogP contribution in [0.3, 0.4) is 0 Å². The van der Waals surface area contributed by atoms with Crippen LogP contribution >= 0.6 is 0 Å². The van der Waals surface area contributed by atoms with Crippen molar-refractivity contribution in [3.05, 3.63) is 23.5 Å². The van der Waals surface area contributed by atoms with E-state index in [1.54, 1.807) is 0 Å². The van der Waals surface area contributed by atoms with Gasteiger partial charge in [0.25, 0.3) is 0 Å². The Morgan fingerprint density at radius 2 is 2.19 bits per heavy atom. The minimum Gasteiger partial charge on any atom is -0.502 e. The Kier molecular flexibility index (Phi) is 4.10. The van der Waals surface area contributed by atoms with E-state index in [9.17, 15) is 14.3 Å². The maximum absolute atomic E-state index is 13.0. The van der Waals surface area contributed by atoms with Crippen LogP contribution in [0.1, 0.15) is 18.4 Å². The lowest BCUT2D eigenvalue weighted by molar-refractivity contribution is -0.137. The van der Waals surface area contributed by atoms with E-state index in [0.29, 0.717) is 18.4 Å². The van der Waals surface area contributed by atoms with Gasteiger partial charge in [-0.1, -0.05) is 6.07 Å². The fraction of sp³-hybridized carbons (Fsp3) is 0.364. The second-order valence-electron chi connectivity index (χ2n) is 3.34. The molecule has 0 bridgehead atoms. The topological polar surface area (TPSA) is 66.8 Å². The molecule has 0 amide bonds. The molecule has 0 unspecified atom stereocenters. The smallest absolute Gasteiger partial charge is 0.303 e. The maximum Gasteiger partial charge on any atom is 0.303 e. The SMILES string of the molecule is COc1c(CCCC(=O)O)ccc(F)c1O. The van der Waals surface area contributed by atoms with Crippen LogP contribution in [0, 0.1) is 5.82 Å². The van der Waals surface area contributed by atoms with Crippen LogP contribution in [-0.2, 0) is 11.2 Å². The molecule has 1 aromatic rings. The molecule has 0 saturated carbocycles. The number of benzene rings is 1. The number of methoxy groups -OCH3 is 1. The summed E-state index contributed by atoms with van der Waals surface area (Å²) in [4.78, 5) is 10.3. The number of halogens is 1. The molecule has 16 heavy (non-hydrogen) atoms. The molecular weight excluding hydrogens is 215 g/mol. The van der Waals surface area contributed by atoms with Crippen LogP contribution in [-0.4, -0.2) is 23.3 Å². The van der Waals surface area contributed by atoms with Crippen LogP contribution in [0.25, 0.3) is 0 Å². The summed E-state index contributed by atoms with van der Waals surface area (Å²) in [6.07, 6.45) is 0.862. The summed E-state index contributed by atoms with van der Waals surface area (Å²) in [5, 5.41) is 17.8. The second kappa shape index (κ2) is 5.34. The van der Waals surface area contributed by atoms with E-state index in [1.165, 1.54) is 13.2 Å². The van der Waals surface area contributed by atoms with Crippen LogP contribution in [0.15, 0.2) is 12.1 Å². The molecule has 0 aromatic heterocycles. The van der Waals surface area contributed by atoms with E-state index in [4.69, 9.17) is 9.84 Å². The fourth-order valence-electron chi connectivity index (χ4n) is 1.44. The van der Waals surface area contributed by atoms with Crippen molar-refractivity contribution in [2.45, 2.75) is 19.3 Å². The Labute approximate surface area is 92.3 Å². The monoisotopic (exact) mass is 228 g/mol. The highest BCUT2D eigenvalue weighted by atomic mass is 19.1. The van der Waals surface area contributed by atoms with E-state index in [0.717, 1.165) is 6.07 Å². The van der Waals surface area contributed by atoms with Gasteiger partial charge >= 0.3 is 5.97 Å². The molecule has 4 nitrogen and oxygen atoms in total. The number of carbonyl (C=O) groups is 1. The normalized spacial score (nSPS) is 10.1. The number of aromatic hydroxyl groups is 1. The standard InChI is InChI=1S/C11H13FO4/c1-16-11-7(3-2-4-9(13)14)5-6-8(12)10(11)15/h5-6,15H,2-4H2,1H3,(H,13,14). The Morgan fingerprint density at radius 3 is 2.75 bits per heavy atom. The quantitative estimate of drug-likeness (QED) is 0.808. The van der Waals surface area contributed by atoms with Gasteiger partial charge in [-0.15, -0.1) is 0 Å². The largest absolute Gasteiger partial charge is 0.502 e. The van der Waals surface area contributed by atoms with Crippen LogP contribution < -0.4 is 4.74 Å². The molecule has 0 spiro atoms. The molecule has 0 fully saturated rings. The van der Waals surface area contributed by atoms with Crippen LogP contribution in [0.5, 0.6) is 11.5 Å². The van der Waals surface area contributed by atoms with Crippen LogP contribution in [0.2, 0.25) is 0 Å². The predicted molar refractivity (Wildman–Crippen MR) is 55.2 cm³/mol. The van der Waals surface area contributed by atoms with E-state index in [1.807, 2.05) is 0 Å². The highest BCUT2D eigenvalue weighted by Gasteiger charge is 2.13. The summed E-state index contributed by atoms with van der Waals surface area (Å²) in [5.74, 6) is -2.09. The van der Waals surface area contributed by atoms with Crippen molar-refractivity contribution >= 4 is 5.97 Å². The third kappa shape index (κ3) is 2.85. The third-order valence-electron chi connectivity index (χ3n) is 2.20. The molecule has 1 rings (SSSR count). The Bertz CT molecular complexity index is 390. The van der Waals surface area contributed by atoms with Gasteiger partial charge < -0.3 is 14.9 Å². The van der Waals surface area contributed by atoms with Crippen molar-refractivity contribution in [1.82, 2.24) is 0 Å². The zero-order valence-corrected chi connectivity index (χ0v) is 8.86. The van der Waals surface area contributed by atoms with Crippen molar-refractivity contribution in [3.8, 4) is 11.5 Å². The van der Waals surface area contributed by atoms with Crippen molar-refractivity contribution < 1.29 is 24.1 Å². The second-order valence-corrected chi connectivity index (χ2v) is 3.34. The number of aryl methyl sites for hydroxylation is 1. The zero-order chi connectivity index (χ0) is 12.1. The first-order valence-electron chi connectivity index (χ1n) is 4.82. The van der Waals surface area contributed by atoms with Gasteiger partial charge in [0.05, 0.1) is 7.11 Å². The number of phenolic OH excluding ortho intramolecular Hbond substituents is 1. The summed E-state index contributed by atoms with van der Waals surface area (Å²) in [6, 6.07) is 2.61. The highest BCUT2D eigenvalue weighted by Crippen LogP contribution is 2.33. The van der Waals surface area contributed by atoms with Gasteiger partial charge in [0.15, 0.2) is 17.3 Å². The number of hydrogen-bond donors (Lipinski definition) is 2. The molecule has 0 aliphatic carbocycles. The first-order valence-corrected chi connectivity index (χ1v) is 4.82. The van der Waals surface area contributed by atoms with Gasteiger partial charge in [-0.25, -0.2) is 4.39 Å². The molecule has 5 heteroatoms. The van der Waals surface area contributed by atoms with Crippen molar-refractivity contribution in [3.63, 3.8) is 0 Å². The molecule has 1 aromatic carbocycles. The average molecular weight is 228 g/mol. The molecule has 0 radical (unpaired) electrons. The van der Waals surface area contributed by atoms with Crippen molar-refractivity contribution in [1.29, 1.82) is 0 Å². The van der Waals surface area contributed by atoms with E-state index in [-0.39, 0.29) is 12.2 Å². The average Bonchev–Trinajstić information content (AvgIpc) is 2.23. The number of ether oxygens (including phenoxy) is 1. The molecular formula is C11H13FO4. The zero-order valence-electron chi connectivity index (χ0n) is 8.86. The fourth-order valence-corrected chi connectivity index (χ4v) is 1.44. The minimum atomic E-state index is -0.884. The van der Waals surface area contributed by atoms with Gasteiger partial charge in [-0.05, 0) is 24.5 Å². The first kappa shape index (κ1) is 12.3. The van der Waals surface area contributed by atoms with E-state index < -0.39 is 17.5 Å².